The standard InChI is InChI=1S/C10H14N2/c1-4-8(2)5-6-10-7-11-12-9(10)3/h5-7H,2,4H2,1,3H3,(H,11,12)/b6-5-. The van der Waals surface area contributed by atoms with Crippen LogP contribution in [0, 0.1) is 6.92 Å². The van der Waals surface area contributed by atoms with E-state index in [1.165, 1.54) is 0 Å². The summed E-state index contributed by atoms with van der Waals surface area (Å²) in [5, 5.41) is 6.80. The average Bonchev–Trinajstić information content (AvgIpc) is 2.47. The van der Waals surface area contributed by atoms with Gasteiger partial charge in [0.25, 0.3) is 0 Å². The molecule has 64 valence electrons. The summed E-state index contributed by atoms with van der Waals surface area (Å²) in [5.74, 6) is 0. The molecular weight excluding hydrogens is 148 g/mol. The van der Waals surface area contributed by atoms with Crippen molar-refractivity contribution in [2.24, 2.45) is 0 Å². The molecule has 1 N–H and O–H groups in total. The van der Waals surface area contributed by atoms with E-state index in [9.17, 15) is 0 Å². The third-order valence-electron chi connectivity index (χ3n) is 1.82. The maximum absolute atomic E-state index is 3.92. The molecule has 2 heteroatoms. The van der Waals surface area contributed by atoms with Crippen molar-refractivity contribution in [3.63, 3.8) is 0 Å². The van der Waals surface area contributed by atoms with Gasteiger partial charge in [0.15, 0.2) is 0 Å². The zero-order valence-corrected chi connectivity index (χ0v) is 7.59. The van der Waals surface area contributed by atoms with Gasteiger partial charge < -0.3 is 0 Å². The molecule has 1 heterocycles. The van der Waals surface area contributed by atoms with E-state index in [1.807, 2.05) is 25.3 Å². The van der Waals surface area contributed by atoms with E-state index in [-0.39, 0.29) is 0 Å². The summed E-state index contributed by atoms with van der Waals surface area (Å²) < 4.78 is 0. The van der Waals surface area contributed by atoms with E-state index < -0.39 is 0 Å². The Morgan fingerprint density at radius 1 is 1.75 bits per heavy atom. The molecule has 0 fully saturated rings. The first-order valence-corrected chi connectivity index (χ1v) is 4.10. The Morgan fingerprint density at radius 2 is 2.50 bits per heavy atom. The second kappa shape index (κ2) is 3.90. The third kappa shape index (κ3) is 2.09. The third-order valence-corrected chi connectivity index (χ3v) is 1.82. The number of allylic oxidation sites excluding steroid dienone is 2. The lowest BCUT2D eigenvalue weighted by atomic mass is 10.2. The molecule has 0 aliphatic carbocycles. The van der Waals surface area contributed by atoms with Gasteiger partial charge in [0.1, 0.15) is 0 Å². The van der Waals surface area contributed by atoms with Gasteiger partial charge in [-0.05, 0) is 13.3 Å². The number of nitrogens with zero attached hydrogens (tertiary/aromatic N) is 1. The predicted octanol–water partition coefficient (Wildman–Crippen LogP) is 2.70. The van der Waals surface area contributed by atoms with Gasteiger partial charge in [-0.2, -0.15) is 5.10 Å². The van der Waals surface area contributed by atoms with Crippen molar-refractivity contribution in [3.8, 4) is 0 Å². The van der Waals surface area contributed by atoms with Crippen LogP contribution in [-0.4, -0.2) is 10.2 Å². The number of rotatable bonds is 3. The maximum Gasteiger partial charge on any atom is 0.0562 e. The molecule has 0 bridgehead atoms. The fraction of sp³-hybridized carbons (Fsp3) is 0.300. The highest BCUT2D eigenvalue weighted by atomic mass is 15.1. The molecule has 0 aliphatic heterocycles. The van der Waals surface area contributed by atoms with E-state index in [0.717, 1.165) is 23.3 Å². The van der Waals surface area contributed by atoms with E-state index in [2.05, 4.69) is 23.7 Å². The highest BCUT2D eigenvalue weighted by Crippen LogP contribution is 2.07. The Hall–Kier alpha value is -1.31. The van der Waals surface area contributed by atoms with Crippen LogP contribution in [0.15, 0.2) is 24.4 Å². The molecule has 0 saturated carbocycles. The van der Waals surface area contributed by atoms with Crippen molar-refractivity contribution in [3.05, 3.63) is 35.7 Å². The molecule has 0 atom stereocenters. The van der Waals surface area contributed by atoms with Crippen LogP contribution in [0.5, 0.6) is 0 Å². The molecular formula is C10H14N2. The molecule has 1 aromatic rings. The Kier molecular flexibility index (Phi) is 2.86. The van der Waals surface area contributed by atoms with E-state index in [4.69, 9.17) is 0 Å². The molecule has 0 spiro atoms. The normalized spacial score (nSPS) is 10.8. The summed E-state index contributed by atoms with van der Waals surface area (Å²) in [6, 6.07) is 0. The van der Waals surface area contributed by atoms with Crippen LogP contribution in [0.4, 0.5) is 0 Å². The van der Waals surface area contributed by atoms with Gasteiger partial charge in [0.05, 0.1) is 6.20 Å². The molecule has 1 aromatic heterocycles. The van der Waals surface area contributed by atoms with Crippen molar-refractivity contribution >= 4 is 6.08 Å². The minimum absolute atomic E-state index is 0.993. The first kappa shape index (κ1) is 8.78. The average molecular weight is 162 g/mol. The largest absolute Gasteiger partial charge is 0.282 e. The Bertz CT molecular complexity index is 295. The molecule has 0 saturated heterocycles. The summed E-state index contributed by atoms with van der Waals surface area (Å²) >= 11 is 0. The minimum atomic E-state index is 0.993. The van der Waals surface area contributed by atoms with Crippen LogP contribution in [0.3, 0.4) is 0 Å². The first-order valence-electron chi connectivity index (χ1n) is 4.10. The number of aromatic amines is 1. The minimum Gasteiger partial charge on any atom is -0.282 e. The zero-order valence-electron chi connectivity index (χ0n) is 7.59. The van der Waals surface area contributed by atoms with E-state index in [0.29, 0.717) is 0 Å². The number of aromatic nitrogens is 2. The fourth-order valence-electron chi connectivity index (χ4n) is 0.854. The van der Waals surface area contributed by atoms with Gasteiger partial charge in [0, 0.05) is 11.3 Å². The van der Waals surface area contributed by atoms with E-state index >= 15 is 0 Å². The molecule has 0 radical (unpaired) electrons. The maximum atomic E-state index is 3.92. The highest BCUT2D eigenvalue weighted by molar-refractivity contribution is 5.53. The van der Waals surface area contributed by atoms with Crippen molar-refractivity contribution in [1.29, 1.82) is 0 Å². The number of hydrogen-bond donors (Lipinski definition) is 1. The van der Waals surface area contributed by atoms with Gasteiger partial charge in [0.2, 0.25) is 0 Å². The summed E-state index contributed by atoms with van der Waals surface area (Å²) in [5.41, 5.74) is 3.36. The Morgan fingerprint density at radius 3 is 3.00 bits per heavy atom. The first-order chi connectivity index (χ1) is 5.74. The fourth-order valence-corrected chi connectivity index (χ4v) is 0.854. The topological polar surface area (TPSA) is 28.7 Å². The van der Waals surface area contributed by atoms with E-state index in [1.54, 1.807) is 0 Å². The second-order valence-electron chi connectivity index (χ2n) is 2.80. The van der Waals surface area contributed by atoms with Crippen LogP contribution in [-0.2, 0) is 0 Å². The summed E-state index contributed by atoms with van der Waals surface area (Å²) in [6.07, 6.45) is 6.87. The molecule has 1 rings (SSSR count). The van der Waals surface area contributed by atoms with Crippen LogP contribution in [0.1, 0.15) is 24.6 Å². The molecule has 0 unspecified atom stereocenters. The Labute approximate surface area is 73.0 Å². The van der Waals surface area contributed by atoms with Crippen LogP contribution >= 0.6 is 0 Å². The van der Waals surface area contributed by atoms with Crippen molar-refractivity contribution in [2.45, 2.75) is 20.3 Å². The summed E-state index contributed by atoms with van der Waals surface area (Å²) in [4.78, 5) is 0. The smallest absolute Gasteiger partial charge is 0.0562 e. The lowest BCUT2D eigenvalue weighted by molar-refractivity contribution is 1.05. The van der Waals surface area contributed by atoms with Crippen molar-refractivity contribution in [2.75, 3.05) is 0 Å². The highest BCUT2D eigenvalue weighted by Gasteiger charge is 1.93. The van der Waals surface area contributed by atoms with Gasteiger partial charge in [-0.3, -0.25) is 5.10 Å². The zero-order chi connectivity index (χ0) is 8.97. The van der Waals surface area contributed by atoms with Crippen LogP contribution in [0.2, 0.25) is 0 Å². The molecule has 0 aromatic carbocycles. The quantitative estimate of drug-likeness (QED) is 0.680. The van der Waals surface area contributed by atoms with Crippen molar-refractivity contribution in [1.82, 2.24) is 10.2 Å². The van der Waals surface area contributed by atoms with Gasteiger partial charge in [-0.15, -0.1) is 0 Å². The number of aryl methyl sites for hydroxylation is 1. The molecule has 0 amide bonds. The van der Waals surface area contributed by atoms with Gasteiger partial charge >= 0.3 is 0 Å². The summed E-state index contributed by atoms with van der Waals surface area (Å²) in [6.45, 7) is 7.98. The number of nitrogens with one attached hydrogen (secondary N) is 1. The Balaban J connectivity index is 2.69. The second-order valence-corrected chi connectivity index (χ2v) is 2.80. The number of H-pyrrole nitrogens is 1. The van der Waals surface area contributed by atoms with Gasteiger partial charge in [-0.25, -0.2) is 0 Å². The number of hydrogen-bond acceptors (Lipinski definition) is 1. The SMILES string of the molecule is C=C(/C=C\c1cn[nH]c1C)CC. The molecule has 2 nitrogen and oxygen atoms in total. The molecule has 12 heavy (non-hydrogen) atoms. The van der Waals surface area contributed by atoms with Crippen LogP contribution in [0.25, 0.3) is 6.08 Å². The molecule has 0 aliphatic rings. The van der Waals surface area contributed by atoms with Gasteiger partial charge in [-0.1, -0.05) is 31.2 Å². The lowest BCUT2D eigenvalue weighted by Gasteiger charge is -1.91. The lowest BCUT2D eigenvalue weighted by Crippen LogP contribution is -1.74. The predicted molar refractivity (Wildman–Crippen MR) is 51.8 cm³/mol. The summed E-state index contributed by atoms with van der Waals surface area (Å²) in [7, 11) is 0. The van der Waals surface area contributed by atoms with Crippen molar-refractivity contribution < 1.29 is 0 Å². The van der Waals surface area contributed by atoms with Crippen LogP contribution < -0.4 is 0 Å². The monoisotopic (exact) mass is 162 g/mol.